The molecule has 160 valence electrons. The molecule has 0 amide bonds. The van der Waals surface area contributed by atoms with Gasteiger partial charge in [0.05, 0.1) is 10.0 Å². The first-order valence-corrected chi connectivity index (χ1v) is 11.7. The molecule has 30 heavy (non-hydrogen) atoms. The molecule has 0 aliphatic heterocycles. The van der Waals surface area contributed by atoms with Crippen LogP contribution in [0, 0.1) is 12.8 Å². The van der Waals surface area contributed by atoms with Gasteiger partial charge in [0.1, 0.15) is 17.9 Å². The van der Waals surface area contributed by atoms with Gasteiger partial charge in [0.15, 0.2) is 0 Å². The molecule has 3 aromatic rings. The van der Waals surface area contributed by atoms with Crippen LogP contribution in [0.4, 0.5) is 5.69 Å². The van der Waals surface area contributed by atoms with E-state index in [9.17, 15) is 0 Å². The van der Waals surface area contributed by atoms with Crippen molar-refractivity contribution in [2.75, 3.05) is 24.2 Å². The first-order chi connectivity index (χ1) is 14.4. The number of ether oxygens (including phenoxy) is 1. The Bertz CT molecular complexity index is 998. The summed E-state index contributed by atoms with van der Waals surface area (Å²) < 4.78 is 9.37. The molecule has 3 rings (SSSR count). The number of aryl methyl sites for hydroxylation is 1. The van der Waals surface area contributed by atoms with E-state index in [2.05, 4.69) is 30.0 Å². The number of halogens is 2. The van der Waals surface area contributed by atoms with Gasteiger partial charge in [-0.3, -0.25) is 4.72 Å². The number of benzene rings is 2. The van der Waals surface area contributed by atoms with Crippen LogP contribution in [-0.4, -0.2) is 23.9 Å². The van der Waals surface area contributed by atoms with Gasteiger partial charge in [-0.15, -0.1) is 0 Å². The molecule has 0 unspecified atom stereocenters. The van der Waals surface area contributed by atoms with Crippen molar-refractivity contribution in [3.05, 3.63) is 63.8 Å². The summed E-state index contributed by atoms with van der Waals surface area (Å²) in [6.07, 6.45) is 0. The highest BCUT2D eigenvalue weighted by Gasteiger charge is 2.10. The highest BCUT2D eigenvalue weighted by molar-refractivity contribution is 7.97. The Morgan fingerprint density at radius 2 is 1.93 bits per heavy atom. The molecule has 2 aromatic carbocycles. The van der Waals surface area contributed by atoms with Crippen LogP contribution in [0.2, 0.25) is 10.0 Å². The predicted molar refractivity (Wildman–Crippen MR) is 131 cm³/mol. The lowest BCUT2D eigenvalue weighted by Crippen LogP contribution is -2.16. The van der Waals surface area contributed by atoms with Crippen LogP contribution in [0.15, 0.2) is 42.5 Å². The molecule has 0 saturated heterocycles. The quantitative estimate of drug-likeness (QED) is 0.257. The topological polar surface area (TPSA) is 46.2 Å². The number of hydrogen-bond acceptors (Lipinski definition) is 5. The van der Waals surface area contributed by atoms with E-state index in [-0.39, 0.29) is 0 Å². The molecule has 0 atom stereocenters. The smallest absolute Gasteiger partial charge is 0.145 e. The highest BCUT2D eigenvalue weighted by Crippen LogP contribution is 2.31. The van der Waals surface area contributed by atoms with Gasteiger partial charge in [0.2, 0.25) is 0 Å². The van der Waals surface area contributed by atoms with Gasteiger partial charge in [-0.1, -0.05) is 67.2 Å². The van der Waals surface area contributed by atoms with Crippen molar-refractivity contribution in [1.82, 2.24) is 9.71 Å². The van der Waals surface area contributed by atoms with Crippen LogP contribution in [0.25, 0.3) is 10.9 Å². The van der Waals surface area contributed by atoms with E-state index < -0.39 is 0 Å². The molecule has 0 aliphatic rings. The Labute approximate surface area is 192 Å². The van der Waals surface area contributed by atoms with Gasteiger partial charge in [-0.2, -0.15) is 0 Å². The zero-order valence-corrected chi connectivity index (χ0v) is 19.8. The molecule has 1 aromatic heterocycles. The Kier molecular flexibility index (Phi) is 8.51. The molecule has 2 N–H and O–H groups in total. The van der Waals surface area contributed by atoms with Gasteiger partial charge in [0.25, 0.3) is 0 Å². The average molecular weight is 464 g/mol. The summed E-state index contributed by atoms with van der Waals surface area (Å²) in [6.45, 7) is 8.42. The van der Waals surface area contributed by atoms with Crippen molar-refractivity contribution in [1.29, 1.82) is 0 Å². The van der Waals surface area contributed by atoms with Crippen molar-refractivity contribution in [2.45, 2.75) is 27.3 Å². The molecule has 7 heteroatoms. The molecule has 0 spiro atoms. The standard InChI is InChI=1S/C23H27Cl2N3OS/c1-15(2)14-30-27-9-10-29-22-6-4-5-18-21(11-16(3)28-23(18)22)26-13-17-7-8-19(24)20(25)12-17/h4-8,11-12,15,27H,9-10,13-14H2,1-3H3,(H,26,28). The Balaban J connectivity index is 1.70. The highest BCUT2D eigenvalue weighted by atomic mass is 35.5. The van der Waals surface area contributed by atoms with Crippen LogP contribution in [-0.2, 0) is 6.54 Å². The van der Waals surface area contributed by atoms with Gasteiger partial charge in [-0.05, 0) is 42.7 Å². The molecule has 0 saturated carbocycles. The summed E-state index contributed by atoms with van der Waals surface area (Å²) in [7, 11) is 0. The number of fused-ring (bicyclic) bond motifs is 1. The number of nitrogens with zero attached hydrogens (tertiary/aromatic N) is 1. The third-order valence-corrected chi connectivity index (χ3v) is 6.36. The molecular weight excluding hydrogens is 437 g/mol. The molecule has 0 radical (unpaired) electrons. The number of anilines is 1. The number of para-hydroxylation sites is 1. The fraction of sp³-hybridized carbons (Fsp3) is 0.348. The number of rotatable bonds is 10. The number of hydrogen-bond donors (Lipinski definition) is 2. The summed E-state index contributed by atoms with van der Waals surface area (Å²) >= 11 is 13.9. The first-order valence-electron chi connectivity index (χ1n) is 9.99. The third kappa shape index (κ3) is 6.42. The van der Waals surface area contributed by atoms with E-state index in [1.807, 2.05) is 43.3 Å². The zero-order chi connectivity index (χ0) is 21.5. The monoisotopic (exact) mass is 463 g/mol. The molecule has 1 heterocycles. The van der Waals surface area contributed by atoms with Crippen LogP contribution in [0.5, 0.6) is 5.75 Å². The molecule has 0 bridgehead atoms. The largest absolute Gasteiger partial charge is 0.490 e. The van der Waals surface area contributed by atoms with Crippen molar-refractivity contribution < 1.29 is 4.74 Å². The third-order valence-electron chi connectivity index (χ3n) is 4.38. The number of pyridine rings is 1. The van der Waals surface area contributed by atoms with Crippen LogP contribution >= 0.6 is 35.1 Å². The minimum atomic E-state index is 0.558. The lowest BCUT2D eigenvalue weighted by Gasteiger charge is -2.14. The van der Waals surface area contributed by atoms with E-state index in [0.29, 0.717) is 29.1 Å². The predicted octanol–water partition coefficient (Wildman–Crippen LogP) is 6.73. The molecule has 0 aliphatic carbocycles. The minimum Gasteiger partial charge on any atom is -0.490 e. The lowest BCUT2D eigenvalue weighted by atomic mass is 10.1. The Hall–Kier alpha value is -1.66. The molecular formula is C23H27Cl2N3OS. The normalized spacial score (nSPS) is 11.3. The zero-order valence-electron chi connectivity index (χ0n) is 17.5. The molecule has 4 nitrogen and oxygen atoms in total. The van der Waals surface area contributed by atoms with Gasteiger partial charge >= 0.3 is 0 Å². The van der Waals surface area contributed by atoms with E-state index in [0.717, 1.165) is 45.9 Å². The second kappa shape index (κ2) is 11.1. The maximum Gasteiger partial charge on any atom is 0.145 e. The first kappa shape index (κ1) is 23.0. The van der Waals surface area contributed by atoms with E-state index in [1.165, 1.54) is 0 Å². The lowest BCUT2D eigenvalue weighted by molar-refractivity contribution is 0.327. The van der Waals surface area contributed by atoms with Crippen molar-refractivity contribution in [3.8, 4) is 5.75 Å². The van der Waals surface area contributed by atoms with Crippen molar-refractivity contribution >= 4 is 51.7 Å². The van der Waals surface area contributed by atoms with Crippen LogP contribution in [0.1, 0.15) is 25.1 Å². The summed E-state index contributed by atoms with van der Waals surface area (Å²) in [5, 5.41) is 5.65. The summed E-state index contributed by atoms with van der Waals surface area (Å²) in [4.78, 5) is 4.73. The second-order valence-electron chi connectivity index (χ2n) is 7.51. The Morgan fingerprint density at radius 1 is 1.10 bits per heavy atom. The minimum absolute atomic E-state index is 0.558. The maximum absolute atomic E-state index is 6.14. The SMILES string of the molecule is Cc1cc(NCc2ccc(Cl)c(Cl)c2)c2cccc(OCCNSCC(C)C)c2n1. The van der Waals surface area contributed by atoms with Gasteiger partial charge in [0, 0.05) is 35.6 Å². The summed E-state index contributed by atoms with van der Waals surface area (Å²) in [5.41, 5.74) is 3.87. The summed E-state index contributed by atoms with van der Waals surface area (Å²) in [6, 6.07) is 13.7. The maximum atomic E-state index is 6.14. The van der Waals surface area contributed by atoms with Crippen LogP contribution < -0.4 is 14.8 Å². The number of aromatic nitrogens is 1. The summed E-state index contributed by atoms with van der Waals surface area (Å²) in [5.74, 6) is 2.55. The van der Waals surface area contributed by atoms with Gasteiger partial charge in [-0.25, -0.2) is 4.98 Å². The average Bonchev–Trinajstić information content (AvgIpc) is 2.71. The van der Waals surface area contributed by atoms with Gasteiger partial charge < -0.3 is 10.1 Å². The second-order valence-corrected chi connectivity index (χ2v) is 9.24. The molecule has 0 fully saturated rings. The Morgan fingerprint density at radius 3 is 2.70 bits per heavy atom. The van der Waals surface area contributed by atoms with Crippen molar-refractivity contribution in [2.24, 2.45) is 5.92 Å². The van der Waals surface area contributed by atoms with E-state index in [4.69, 9.17) is 32.9 Å². The number of nitrogens with one attached hydrogen (secondary N) is 2. The van der Waals surface area contributed by atoms with Crippen LogP contribution in [0.3, 0.4) is 0 Å². The fourth-order valence-electron chi connectivity index (χ4n) is 2.96. The van der Waals surface area contributed by atoms with Crippen molar-refractivity contribution in [3.63, 3.8) is 0 Å². The van der Waals surface area contributed by atoms with E-state index >= 15 is 0 Å². The van der Waals surface area contributed by atoms with E-state index in [1.54, 1.807) is 11.9 Å². The fourth-order valence-corrected chi connectivity index (χ4v) is 3.96.